The molecule has 0 aliphatic rings. The number of hydrogen-bond acceptors (Lipinski definition) is 2. The lowest BCUT2D eigenvalue weighted by Gasteiger charge is -2.05. The normalized spacial score (nSPS) is 11.1. The second-order valence-electron chi connectivity index (χ2n) is 4.78. The molecule has 3 heteroatoms. The lowest BCUT2D eigenvalue weighted by Crippen LogP contribution is -2.16. The largest absolute Gasteiger partial charge is 0.312 e. The van der Waals surface area contributed by atoms with E-state index in [1.807, 2.05) is 12.1 Å². The molecule has 1 N–H and O–H groups in total. The summed E-state index contributed by atoms with van der Waals surface area (Å²) in [5.74, 6) is -0.115. The first-order valence-corrected chi connectivity index (χ1v) is 7.62. The van der Waals surface area contributed by atoms with E-state index >= 15 is 0 Å². The summed E-state index contributed by atoms with van der Waals surface area (Å²) < 4.78 is 14.8. The Balaban J connectivity index is 1.57. The molecule has 0 spiro atoms. The van der Waals surface area contributed by atoms with Crippen LogP contribution in [-0.4, -0.2) is 6.54 Å². The van der Waals surface area contributed by atoms with Crippen LogP contribution >= 0.6 is 11.3 Å². The van der Waals surface area contributed by atoms with Crippen molar-refractivity contribution in [2.45, 2.75) is 13.0 Å². The Bertz CT molecular complexity index is 705. The number of halogens is 1. The van der Waals surface area contributed by atoms with Gasteiger partial charge in [0.25, 0.3) is 0 Å². The Hall–Kier alpha value is -1.71. The van der Waals surface area contributed by atoms with Crippen molar-refractivity contribution in [3.63, 3.8) is 0 Å². The Kier molecular flexibility index (Phi) is 4.09. The van der Waals surface area contributed by atoms with Gasteiger partial charge >= 0.3 is 0 Å². The average Bonchev–Trinajstić information content (AvgIpc) is 2.89. The summed E-state index contributed by atoms with van der Waals surface area (Å²) >= 11 is 1.77. The molecule has 0 saturated heterocycles. The molecule has 0 fully saturated rings. The molecule has 2 aromatic carbocycles. The van der Waals surface area contributed by atoms with Gasteiger partial charge in [-0.2, -0.15) is 0 Å². The third-order valence-electron chi connectivity index (χ3n) is 3.41. The van der Waals surface area contributed by atoms with Gasteiger partial charge in [-0.05, 0) is 47.0 Å². The minimum Gasteiger partial charge on any atom is -0.312 e. The molecule has 0 atom stereocenters. The zero-order valence-corrected chi connectivity index (χ0v) is 11.9. The molecule has 0 aliphatic heterocycles. The van der Waals surface area contributed by atoms with Gasteiger partial charge in [0.05, 0.1) is 0 Å². The van der Waals surface area contributed by atoms with Gasteiger partial charge in [0.2, 0.25) is 0 Å². The fraction of sp³-hybridized carbons (Fsp3) is 0.176. The summed E-state index contributed by atoms with van der Waals surface area (Å²) in [7, 11) is 0. The zero-order valence-electron chi connectivity index (χ0n) is 11.1. The second-order valence-corrected chi connectivity index (χ2v) is 5.69. The molecular weight excluding hydrogens is 269 g/mol. The van der Waals surface area contributed by atoms with E-state index in [9.17, 15) is 4.39 Å². The van der Waals surface area contributed by atoms with E-state index in [0.29, 0.717) is 0 Å². The number of rotatable bonds is 5. The van der Waals surface area contributed by atoms with Crippen molar-refractivity contribution in [2.24, 2.45) is 0 Å². The SMILES string of the molecule is Fc1ccccc1CCNCc1csc2ccccc12. The zero-order chi connectivity index (χ0) is 13.8. The van der Waals surface area contributed by atoms with E-state index in [0.717, 1.165) is 25.1 Å². The van der Waals surface area contributed by atoms with Crippen molar-refractivity contribution in [3.05, 3.63) is 70.9 Å². The van der Waals surface area contributed by atoms with Crippen LogP contribution in [0.2, 0.25) is 0 Å². The Labute approximate surface area is 122 Å². The molecule has 0 aliphatic carbocycles. The standard InChI is InChI=1S/C17H16FNS/c18-16-7-3-1-5-13(16)9-10-19-11-14-12-20-17-8-4-2-6-15(14)17/h1-8,12,19H,9-11H2. The molecular formula is C17H16FNS. The van der Waals surface area contributed by atoms with Crippen LogP contribution in [0.15, 0.2) is 53.9 Å². The molecule has 0 saturated carbocycles. The molecule has 0 unspecified atom stereocenters. The van der Waals surface area contributed by atoms with Crippen LogP contribution in [0, 0.1) is 5.82 Å². The number of thiophene rings is 1. The van der Waals surface area contributed by atoms with E-state index in [1.54, 1.807) is 17.4 Å². The first-order chi connectivity index (χ1) is 9.84. The van der Waals surface area contributed by atoms with Crippen LogP contribution in [0.3, 0.4) is 0 Å². The van der Waals surface area contributed by atoms with Crippen LogP contribution < -0.4 is 5.32 Å². The fourth-order valence-electron chi connectivity index (χ4n) is 2.32. The molecule has 102 valence electrons. The summed E-state index contributed by atoms with van der Waals surface area (Å²) in [4.78, 5) is 0. The van der Waals surface area contributed by atoms with Gasteiger partial charge in [-0.1, -0.05) is 36.4 Å². The maximum atomic E-state index is 13.5. The summed E-state index contributed by atoms with van der Waals surface area (Å²) in [5, 5.41) is 6.91. The number of fused-ring (bicyclic) bond motifs is 1. The van der Waals surface area contributed by atoms with Crippen LogP contribution in [0.25, 0.3) is 10.1 Å². The van der Waals surface area contributed by atoms with Gasteiger partial charge in [0, 0.05) is 11.2 Å². The molecule has 1 heterocycles. The lowest BCUT2D eigenvalue weighted by atomic mass is 10.1. The van der Waals surface area contributed by atoms with Crippen molar-refractivity contribution < 1.29 is 4.39 Å². The van der Waals surface area contributed by atoms with Gasteiger partial charge in [-0.25, -0.2) is 4.39 Å². The summed E-state index contributed by atoms with van der Waals surface area (Å²) in [6, 6.07) is 15.4. The number of nitrogens with one attached hydrogen (secondary N) is 1. The minimum absolute atomic E-state index is 0.115. The van der Waals surface area contributed by atoms with Crippen molar-refractivity contribution in [2.75, 3.05) is 6.54 Å². The molecule has 0 radical (unpaired) electrons. The monoisotopic (exact) mass is 285 g/mol. The molecule has 0 bridgehead atoms. The Morgan fingerprint density at radius 2 is 1.75 bits per heavy atom. The number of benzene rings is 2. The van der Waals surface area contributed by atoms with Gasteiger partial charge in [0.1, 0.15) is 5.82 Å². The van der Waals surface area contributed by atoms with Crippen LogP contribution in [-0.2, 0) is 13.0 Å². The molecule has 0 amide bonds. The maximum absolute atomic E-state index is 13.5. The van der Waals surface area contributed by atoms with Crippen LogP contribution in [0.5, 0.6) is 0 Å². The highest BCUT2D eigenvalue weighted by Crippen LogP contribution is 2.25. The molecule has 20 heavy (non-hydrogen) atoms. The molecule has 1 aromatic heterocycles. The van der Waals surface area contributed by atoms with Gasteiger partial charge in [0.15, 0.2) is 0 Å². The lowest BCUT2D eigenvalue weighted by molar-refractivity contribution is 0.598. The van der Waals surface area contributed by atoms with Crippen LogP contribution in [0.1, 0.15) is 11.1 Å². The highest BCUT2D eigenvalue weighted by molar-refractivity contribution is 7.17. The van der Waals surface area contributed by atoms with Gasteiger partial charge in [-0.3, -0.25) is 0 Å². The fourth-order valence-corrected chi connectivity index (χ4v) is 3.28. The summed E-state index contributed by atoms with van der Waals surface area (Å²) in [6.45, 7) is 1.61. The molecule has 1 nitrogen and oxygen atoms in total. The van der Waals surface area contributed by atoms with Gasteiger partial charge < -0.3 is 5.32 Å². The number of hydrogen-bond donors (Lipinski definition) is 1. The predicted octanol–water partition coefficient (Wildman–Crippen LogP) is 4.37. The minimum atomic E-state index is -0.115. The van der Waals surface area contributed by atoms with Crippen LogP contribution in [0.4, 0.5) is 4.39 Å². The Morgan fingerprint density at radius 1 is 0.950 bits per heavy atom. The third kappa shape index (κ3) is 2.89. The van der Waals surface area contributed by atoms with Crippen molar-refractivity contribution in [1.29, 1.82) is 0 Å². The third-order valence-corrected chi connectivity index (χ3v) is 4.42. The van der Waals surface area contributed by atoms with E-state index in [-0.39, 0.29) is 5.82 Å². The quantitative estimate of drug-likeness (QED) is 0.686. The van der Waals surface area contributed by atoms with E-state index in [4.69, 9.17) is 0 Å². The van der Waals surface area contributed by atoms with E-state index in [1.165, 1.54) is 21.7 Å². The topological polar surface area (TPSA) is 12.0 Å². The van der Waals surface area contributed by atoms with Crippen molar-refractivity contribution in [3.8, 4) is 0 Å². The maximum Gasteiger partial charge on any atom is 0.126 e. The molecule has 3 aromatic rings. The van der Waals surface area contributed by atoms with Gasteiger partial charge in [-0.15, -0.1) is 11.3 Å². The highest BCUT2D eigenvalue weighted by Gasteiger charge is 2.03. The smallest absolute Gasteiger partial charge is 0.126 e. The van der Waals surface area contributed by atoms with Crippen molar-refractivity contribution in [1.82, 2.24) is 5.32 Å². The van der Waals surface area contributed by atoms with E-state index in [2.05, 4.69) is 35.0 Å². The second kappa shape index (κ2) is 6.16. The summed E-state index contributed by atoms with van der Waals surface area (Å²) in [5.41, 5.74) is 2.09. The first kappa shape index (κ1) is 13.3. The predicted molar refractivity (Wildman–Crippen MR) is 83.6 cm³/mol. The van der Waals surface area contributed by atoms with Crippen molar-refractivity contribution >= 4 is 21.4 Å². The first-order valence-electron chi connectivity index (χ1n) is 6.74. The van der Waals surface area contributed by atoms with E-state index < -0.39 is 0 Å². The summed E-state index contributed by atoms with van der Waals surface area (Å²) in [6.07, 6.45) is 0.717. The molecule has 3 rings (SSSR count). The highest BCUT2D eigenvalue weighted by atomic mass is 32.1. The Morgan fingerprint density at radius 3 is 2.65 bits per heavy atom. The average molecular weight is 285 g/mol.